The minimum atomic E-state index is -5.32. The van der Waals surface area contributed by atoms with Crippen molar-refractivity contribution in [2.24, 2.45) is 11.3 Å². The Bertz CT molecular complexity index is 1380. The molecule has 6 nitrogen and oxygen atoms in total. The standard InChI is InChI=1S/C25H24F9NO5S/c1-23(21(28)29,22(36)37)12-40-18-10-19-17(9-16(18)25(32,33)34)35(15-5-3-14(26)4-6-15)11-13(7-8-24(2,30)31)20(27)41(19,38)39/h3-6,9-10,13,20-21H,7-8,11-12H2,1-2H3,(H,36,37)/t13-,20+,23+/m1/s1. The quantitative estimate of drug-likeness (QED) is 0.309. The van der Waals surface area contributed by atoms with Crippen molar-refractivity contribution in [2.45, 2.75) is 55.6 Å². The molecule has 1 N–H and O–H groups in total. The van der Waals surface area contributed by atoms with Gasteiger partial charge in [0.15, 0.2) is 5.41 Å². The first-order chi connectivity index (χ1) is 18.7. The monoisotopic (exact) mass is 621 g/mol. The smallest absolute Gasteiger partial charge is 0.420 e. The van der Waals surface area contributed by atoms with Crippen molar-refractivity contribution >= 4 is 27.2 Å². The predicted molar refractivity (Wildman–Crippen MR) is 128 cm³/mol. The number of nitrogens with zero attached hydrogens (tertiary/aromatic N) is 1. The predicted octanol–water partition coefficient (Wildman–Crippen LogP) is 6.85. The molecule has 0 fully saturated rings. The SMILES string of the molecule is CC(F)(F)CC[C@@H]1CN(c2ccc(F)cc2)c2cc(C(F)(F)F)c(OC[C@](C)(C(=O)O)C(F)F)cc2S(=O)(=O)[C@@H]1F. The van der Waals surface area contributed by atoms with Gasteiger partial charge in [-0.1, -0.05) is 0 Å². The third kappa shape index (κ3) is 6.84. The molecular formula is C25H24F9NO5S. The average Bonchev–Trinajstić information content (AvgIpc) is 2.93. The van der Waals surface area contributed by atoms with E-state index in [1.165, 1.54) is 0 Å². The van der Waals surface area contributed by atoms with Crippen molar-refractivity contribution in [3.63, 3.8) is 0 Å². The molecular weight excluding hydrogens is 597 g/mol. The summed E-state index contributed by atoms with van der Waals surface area (Å²) in [4.78, 5) is 11.2. The molecule has 0 saturated carbocycles. The second-order valence-electron chi connectivity index (χ2n) is 9.98. The minimum Gasteiger partial charge on any atom is -0.491 e. The number of carbonyl (C=O) groups is 1. The van der Waals surface area contributed by atoms with E-state index in [-0.39, 0.29) is 17.8 Å². The van der Waals surface area contributed by atoms with E-state index in [0.29, 0.717) is 13.8 Å². The summed E-state index contributed by atoms with van der Waals surface area (Å²) in [7, 11) is -5.23. The van der Waals surface area contributed by atoms with Crippen LogP contribution in [-0.2, 0) is 20.8 Å². The molecule has 228 valence electrons. The van der Waals surface area contributed by atoms with E-state index in [9.17, 15) is 48.3 Å². The van der Waals surface area contributed by atoms with Crippen molar-refractivity contribution < 1.29 is 62.6 Å². The van der Waals surface area contributed by atoms with Crippen LogP contribution in [-0.4, -0.2) is 50.5 Å². The molecule has 1 heterocycles. The number of anilines is 2. The van der Waals surface area contributed by atoms with Crippen molar-refractivity contribution in [3.05, 3.63) is 47.8 Å². The largest absolute Gasteiger partial charge is 0.491 e. The lowest BCUT2D eigenvalue weighted by atomic mass is 9.93. The Morgan fingerprint density at radius 1 is 1.10 bits per heavy atom. The Balaban J connectivity index is 2.27. The lowest BCUT2D eigenvalue weighted by Crippen LogP contribution is -2.41. The highest BCUT2D eigenvalue weighted by Crippen LogP contribution is 2.48. The maximum Gasteiger partial charge on any atom is 0.420 e. The van der Waals surface area contributed by atoms with Gasteiger partial charge in [-0.25, -0.2) is 34.8 Å². The lowest BCUT2D eigenvalue weighted by Gasteiger charge is -2.29. The number of ether oxygens (including phenoxy) is 1. The summed E-state index contributed by atoms with van der Waals surface area (Å²) in [6.07, 6.45) is -10.6. The summed E-state index contributed by atoms with van der Waals surface area (Å²) in [5.41, 5.74) is -8.49. The van der Waals surface area contributed by atoms with Crippen LogP contribution in [0.2, 0.25) is 0 Å². The van der Waals surface area contributed by atoms with Crippen LogP contribution in [0.5, 0.6) is 5.75 Å². The first kappa shape index (κ1) is 32.3. The third-order valence-electron chi connectivity index (χ3n) is 6.64. The summed E-state index contributed by atoms with van der Waals surface area (Å²) in [5, 5.41) is 9.16. The molecule has 0 unspecified atom stereocenters. The number of carboxylic acid groups (broad SMARTS) is 1. The van der Waals surface area contributed by atoms with Crippen molar-refractivity contribution in [1.29, 1.82) is 0 Å². The van der Waals surface area contributed by atoms with E-state index in [1.807, 2.05) is 0 Å². The number of sulfone groups is 1. The van der Waals surface area contributed by atoms with Crippen LogP contribution >= 0.6 is 0 Å². The molecule has 1 aliphatic heterocycles. The second-order valence-corrected chi connectivity index (χ2v) is 12.0. The Morgan fingerprint density at radius 3 is 2.17 bits per heavy atom. The van der Waals surface area contributed by atoms with Gasteiger partial charge in [-0.3, -0.25) is 4.79 Å². The topological polar surface area (TPSA) is 83.9 Å². The minimum absolute atomic E-state index is 0.108. The number of carboxylic acids is 1. The number of benzene rings is 2. The molecule has 1 aliphatic rings. The molecule has 0 saturated heterocycles. The molecule has 0 aromatic heterocycles. The molecule has 41 heavy (non-hydrogen) atoms. The van der Waals surface area contributed by atoms with E-state index >= 15 is 4.39 Å². The molecule has 16 heteroatoms. The molecule has 2 aromatic carbocycles. The van der Waals surface area contributed by atoms with E-state index < -0.39 is 105 Å². The van der Waals surface area contributed by atoms with Crippen LogP contribution in [0.1, 0.15) is 32.3 Å². The zero-order chi connectivity index (χ0) is 31.1. The van der Waals surface area contributed by atoms with E-state index in [1.54, 1.807) is 0 Å². The van der Waals surface area contributed by atoms with Gasteiger partial charge in [0.05, 0.1) is 16.1 Å². The first-order valence-electron chi connectivity index (χ1n) is 11.9. The summed E-state index contributed by atoms with van der Waals surface area (Å²) in [6.45, 7) is -1.23. The Kier molecular flexibility index (Phi) is 8.88. The maximum atomic E-state index is 15.6. The number of halogens is 9. The second kappa shape index (κ2) is 11.2. The summed E-state index contributed by atoms with van der Waals surface area (Å²) in [5.74, 6) is -9.31. The molecule has 3 atom stereocenters. The van der Waals surface area contributed by atoms with Crippen LogP contribution < -0.4 is 9.64 Å². The van der Waals surface area contributed by atoms with Gasteiger partial charge in [-0.2, -0.15) is 13.2 Å². The zero-order valence-corrected chi connectivity index (χ0v) is 22.2. The average molecular weight is 622 g/mol. The van der Waals surface area contributed by atoms with Crippen LogP contribution in [0.25, 0.3) is 0 Å². The highest BCUT2D eigenvalue weighted by molar-refractivity contribution is 7.92. The normalized spacial score (nSPS) is 20.7. The van der Waals surface area contributed by atoms with Gasteiger partial charge >= 0.3 is 12.1 Å². The van der Waals surface area contributed by atoms with Gasteiger partial charge in [-0.15, -0.1) is 0 Å². The number of hydrogen-bond acceptors (Lipinski definition) is 5. The maximum absolute atomic E-state index is 15.6. The van der Waals surface area contributed by atoms with Crippen molar-refractivity contribution in [2.75, 3.05) is 18.1 Å². The van der Waals surface area contributed by atoms with Crippen LogP contribution in [0.15, 0.2) is 41.3 Å². The Morgan fingerprint density at radius 2 is 1.68 bits per heavy atom. The Hall–Kier alpha value is -3.17. The highest BCUT2D eigenvalue weighted by Gasteiger charge is 2.47. The number of fused-ring (bicyclic) bond motifs is 1. The van der Waals surface area contributed by atoms with Gasteiger partial charge in [0.2, 0.25) is 21.3 Å². The fourth-order valence-corrected chi connectivity index (χ4v) is 5.80. The zero-order valence-electron chi connectivity index (χ0n) is 21.4. The van der Waals surface area contributed by atoms with Crippen molar-refractivity contribution in [3.8, 4) is 5.75 Å². The highest BCUT2D eigenvalue weighted by atomic mass is 32.2. The number of aliphatic carboxylic acids is 1. The van der Waals surface area contributed by atoms with Crippen LogP contribution in [0, 0.1) is 17.2 Å². The number of alkyl halides is 8. The molecule has 0 spiro atoms. The lowest BCUT2D eigenvalue weighted by molar-refractivity contribution is -0.161. The molecule has 0 radical (unpaired) electrons. The first-order valence-corrected chi connectivity index (χ1v) is 13.4. The summed E-state index contributed by atoms with van der Waals surface area (Å²) in [6, 6.07) is 4.35. The summed E-state index contributed by atoms with van der Waals surface area (Å²) < 4.78 is 157. The van der Waals surface area contributed by atoms with Gasteiger partial charge in [0.25, 0.3) is 6.43 Å². The molecule has 0 amide bonds. The van der Waals surface area contributed by atoms with Gasteiger partial charge in [0.1, 0.15) is 18.2 Å². The Labute approximate surface area is 228 Å². The van der Waals surface area contributed by atoms with E-state index in [2.05, 4.69) is 0 Å². The van der Waals surface area contributed by atoms with E-state index in [0.717, 1.165) is 29.2 Å². The van der Waals surface area contributed by atoms with Crippen LogP contribution in [0.3, 0.4) is 0 Å². The molecule has 2 aromatic rings. The molecule has 0 bridgehead atoms. The molecule has 0 aliphatic carbocycles. The van der Waals surface area contributed by atoms with Crippen LogP contribution in [0.4, 0.5) is 50.9 Å². The van der Waals surface area contributed by atoms with Gasteiger partial charge in [-0.05, 0) is 50.6 Å². The molecule has 3 rings (SSSR count). The third-order valence-corrected chi connectivity index (χ3v) is 8.56. The van der Waals surface area contributed by atoms with E-state index in [4.69, 9.17) is 9.84 Å². The van der Waals surface area contributed by atoms with Gasteiger partial charge < -0.3 is 14.7 Å². The fraction of sp³-hybridized carbons (Fsp3) is 0.480. The summed E-state index contributed by atoms with van der Waals surface area (Å²) >= 11 is 0. The van der Waals surface area contributed by atoms with Gasteiger partial charge in [0, 0.05) is 30.6 Å². The number of rotatable bonds is 9. The van der Waals surface area contributed by atoms with Crippen molar-refractivity contribution in [1.82, 2.24) is 0 Å². The fourth-order valence-electron chi connectivity index (χ4n) is 4.09. The number of hydrogen-bond donors (Lipinski definition) is 1.